The van der Waals surface area contributed by atoms with Crippen LogP contribution < -0.4 is 0 Å². The molecule has 1 unspecified atom stereocenters. The average molecular weight is 721 g/mol. The van der Waals surface area contributed by atoms with Gasteiger partial charge in [0.25, 0.3) is 0 Å². The molecule has 0 aromatic carbocycles. The maximum atomic E-state index is 12.3. The van der Waals surface area contributed by atoms with Crippen LogP contribution in [-0.2, 0) is 32.9 Å². The van der Waals surface area contributed by atoms with Crippen LogP contribution in [0.4, 0.5) is 0 Å². The Morgan fingerprint density at radius 1 is 0.878 bits per heavy atom. The Balaban J connectivity index is 2.41. The number of unbranched alkanes of at least 4 members (excludes halogenated alkanes) is 9. The highest BCUT2D eigenvalue weighted by Crippen LogP contribution is 2.36. The predicted octanol–water partition coefficient (Wildman–Crippen LogP) is 6.42. The van der Waals surface area contributed by atoms with E-state index in [0.29, 0.717) is 32.1 Å². The molecule has 0 aromatic heterocycles. The number of carbonyl (C=O) groups is 2. The van der Waals surface area contributed by atoms with Crippen LogP contribution >= 0.6 is 7.82 Å². The first-order valence-corrected chi connectivity index (χ1v) is 19.9. The quantitative estimate of drug-likeness (QED) is 0.0259. The molecule has 12 nitrogen and oxygen atoms in total. The second-order valence-electron chi connectivity index (χ2n) is 13.6. The smallest absolute Gasteiger partial charge is 0.462 e. The van der Waals surface area contributed by atoms with E-state index in [9.17, 15) is 29.5 Å². The van der Waals surface area contributed by atoms with E-state index >= 15 is 0 Å². The lowest BCUT2D eigenvalue weighted by Gasteiger charge is -2.36. The van der Waals surface area contributed by atoms with Crippen molar-refractivity contribution >= 4 is 19.8 Å². The van der Waals surface area contributed by atoms with Crippen molar-refractivity contribution in [3.63, 3.8) is 0 Å². The molecule has 286 valence electrons. The molecule has 1 saturated heterocycles. The Morgan fingerprint density at radius 2 is 1.53 bits per heavy atom. The van der Waals surface area contributed by atoms with E-state index in [4.69, 9.17) is 24.0 Å². The molecule has 1 aliphatic rings. The summed E-state index contributed by atoms with van der Waals surface area (Å²) in [7, 11) is -4.81. The summed E-state index contributed by atoms with van der Waals surface area (Å²) < 4.78 is 31.8. The Labute approximate surface area is 293 Å². The van der Waals surface area contributed by atoms with E-state index in [0.717, 1.165) is 44.4 Å². The summed E-state index contributed by atoms with van der Waals surface area (Å²) in [5, 5.41) is 30.7. The molecule has 0 spiro atoms. The largest absolute Gasteiger partial charge is 0.469 e. The molecule has 0 bridgehead atoms. The lowest BCUT2D eigenvalue weighted by molar-refractivity contribution is -0.199. The van der Waals surface area contributed by atoms with E-state index in [2.05, 4.69) is 25.3 Å². The van der Waals surface area contributed by atoms with Crippen LogP contribution in [0.3, 0.4) is 0 Å². The molecule has 0 saturated carbocycles. The highest BCUT2D eigenvalue weighted by atomic mass is 31.2. The van der Waals surface area contributed by atoms with Crippen LogP contribution in [0, 0.1) is 11.8 Å². The third-order valence-electron chi connectivity index (χ3n) is 8.45. The number of hydrogen-bond donors (Lipinski definition) is 5. The normalized spacial score (nSPS) is 21.4. The molecule has 0 amide bonds. The molecule has 1 rings (SSSR count). The number of allylic oxidation sites excluding steroid dienone is 2. The van der Waals surface area contributed by atoms with Crippen molar-refractivity contribution in [2.24, 2.45) is 11.8 Å². The lowest BCUT2D eigenvalue weighted by atomic mass is 9.87. The van der Waals surface area contributed by atoms with Crippen molar-refractivity contribution in [3.05, 3.63) is 24.3 Å². The van der Waals surface area contributed by atoms with Crippen molar-refractivity contribution in [1.29, 1.82) is 0 Å². The summed E-state index contributed by atoms with van der Waals surface area (Å²) in [6.45, 7) is 5.55. The highest BCUT2D eigenvalue weighted by Gasteiger charge is 2.35. The Hall–Kier alpha value is -1.63. The number of rotatable bonds is 28. The second-order valence-corrected chi connectivity index (χ2v) is 14.8. The molecule has 5 N–H and O–H groups in total. The van der Waals surface area contributed by atoms with Gasteiger partial charge in [-0.25, -0.2) is 4.57 Å². The van der Waals surface area contributed by atoms with Crippen molar-refractivity contribution in [3.8, 4) is 0 Å². The maximum Gasteiger partial charge on any atom is 0.469 e. The SMILES string of the molecule is CCCCC[C@H](O)/C=C/[C@H]1OC(O)C[C@H](O)[C@@H]1C/C=C\CCCC(=O)OC[C@H](COP(=O)(O)O)OC(=O)CCCCCCCCCC(C)C. The second kappa shape index (κ2) is 27.1. The van der Waals surface area contributed by atoms with Crippen molar-refractivity contribution in [1.82, 2.24) is 0 Å². The van der Waals surface area contributed by atoms with E-state index in [1.165, 1.54) is 25.7 Å². The van der Waals surface area contributed by atoms with Crippen molar-refractivity contribution in [2.45, 2.75) is 167 Å². The number of phosphoric ester groups is 1. The van der Waals surface area contributed by atoms with Gasteiger partial charge in [0, 0.05) is 25.2 Å². The fourth-order valence-electron chi connectivity index (χ4n) is 5.60. The van der Waals surface area contributed by atoms with Crippen molar-refractivity contribution in [2.75, 3.05) is 13.2 Å². The molecule has 1 heterocycles. The predicted molar refractivity (Wildman–Crippen MR) is 187 cm³/mol. The summed E-state index contributed by atoms with van der Waals surface area (Å²) in [6.07, 6.45) is 17.0. The molecule has 0 aromatic rings. The lowest BCUT2D eigenvalue weighted by Crippen LogP contribution is -2.43. The Bertz CT molecular complexity index is 981. The number of phosphoric acid groups is 1. The van der Waals surface area contributed by atoms with Gasteiger partial charge in [-0.15, -0.1) is 0 Å². The molecule has 6 atom stereocenters. The molecule has 1 aliphatic heterocycles. The van der Waals surface area contributed by atoms with E-state index in [1.54, 1.807) is 12.2 Å². The third-order valence-corrected chi connectivity index (χ3v) is 8.93. The van der Waals surface area contributed by atoms with E-state index < -0.39 is 57.1 Å². The molecular formula is C36H65O12P. The fourth-order valence-corrected chi connectivity index (χ4v) is 5.96. The summed E-state index contributed by atoms with van der Waals surface area (Å²) in [5.74, 6) is -0.665. The van der Waals surface area contributed by atoms with Gasteiger partial charge in [0.15, 0.2) is 12.4 Å². The minimum absolute atomic E-state index is 0.0739. The summed E-state index contributed by atoms with van der Waals surface area (Å²) >= 11 is 0. The van der Waals surface area contributed by atoms with E-state index in [-0.39, 0.29) is 31.8 Å². The monoisotopic (exact) mass is 720 g/mol. The zero-order valence-electron chi connectivity index (χ0n) is 30.0. The minimum Gasteiger partial charge on any atom is -0.462 e. The number of aliphatic hydroxyl groups is 3. The van der Waals surface area contributed by atoms with Gasteiger partial charge in [0.05, 0.1) is 24.9 Å². The van der Waals surface area contributed by atoms with Crippen LogP contribution in [0.5, 0.6) is 0 Å². The standard InChI is InChI=1S/C36H65O12P/c1-4-5-13-19-29(37)23-24-33-31(32(38)25-36(41)48-33)20-15-11-12-16-21-34(39)45-26-30(27-46-49(42,43)44)47-35(40)22-17-10-8-6-7-9-14-18-28(2)3/h11,15,23-24,28-33,36-38,41H,4-10,12-14,16-22,25-27H2,1-3H3,(H2,42,43,44)/b15-11-,24-23+/t29-,30+,31-,32-,33+,36?/m0/s1. The first-order chi connectivity index (χ1) is 23.3. The summed E-state index contributed by atoms with van der Waals surface area (Å²) in [6, 6.07) is 0. The van der Waals surface area contributed by atoms with Crippen LogP contribution in [-0.4, -0.2) is 81.0 Å². The number of aliphatic hydroxyl groups excluding tert-OH is 3. The molecule has 49 heavy (non-hydrogen) atoms. The molecule has 13 heteroatoms. The molecule has 0 radical (unpaired) electrons. The maximum absolute atomic E-state index is 12.3. The highest BCUT2D eigenvalue weighted by molar-refractivity contribution is 7.46. The van der Waals surface area contributed by atoms with Crippen LogP contribution in [0.1, 0.15) is 136 Å². The molecular weight excluding hydrogens is 655 g/mol. The number of ether oxygens (including phenoxy) is 3. The molecule has 0 aliphatic carbocycles. The zero-order valence-corrected chi connectivity index (χ0v) is 30.9. The molecule has 1 fully saturated rings. The summed E-state index contributed by atoms with van der Waals surface area (Å²) in [4.78, 5) is 42.8. The van der Waals surface area contributed by atoms with Gasteiger partial charge in [-0.2, -0.15) is 0 Å². The average Bonchev–Trinajstić information content (AvgIpc) is 3.02. The first kappa shape index (κ1) is 45.4. The summed E-state index contributed by atoms with van der Waals surface area (Å²) in [5.41, 5.74) is 0. The van der Waals surface area contributed by atoms with Gasteiger partial charge in [-0.05, 0) is 38.0 Å². The van der Waals surface area contributed by atoms with Gasteiger partial charge < -0.3 is 39.3 Å². The van der Waals surface area contributed by atoms with Gasteiger partial charge in [0.1, 0.15) is 6.61 Å². The fraction of sp³-hybridized carbons (Fsp3) is 0.833. The van der Waals surface area contributed by atoms with Gasteiger partial charge in [0.2, 0.25) is 0 Å². The minimum atomic E-state index is -4.81. The Kier molecular flexibility index (Phi) is 25.1. The van der Waals surface area contributed by atoms with E-state index in [1.807, 2.05) is 12.2 Å². The van der Waals surface area contributed by atoms with Gasteiger partial charge in [-0.1, -0.05) is 109 Å². The van der Waals surface area contributed by atoms with Crippen molar-refractivity contribution < 1.29 is 58.0 Å². The topological polar surface area (TPSA) is 189 Å². The van der Waals surface area contributed by atoms with Crippen LogP contribution in [0.2, 0.25) is 0 Å². The number of carbonyl (C=O) groups excluding carboxylic acids is 2. The number of hydrogen-bond acceptors (Lipinski definition) is 10. The van der Waals surface area contributed by atoms with Gasteiger partial charge >= 0.3 is 19.8 Å². The first-order valence-electron chi connectivity index (χ1n) is 18.4. The number of esters is 2. The van der Waals surface area contributed by atoms with Crippen LogP contribution in [0.15, 0.2) is 24.3 Å². The van der Waals surface area contributed by atoms with Crippen LogP contribution in [0.25, 0.3) is 0 Å². The Morgan fingerprint density at radius 3 is 2.20 bits per heavy atom. The third kappa shape index (κ3) is 25.0. The zero-order chi connectivity index (χ0) is 36.5. The van der Waals surface area contributed by atoms with Gasteiger partial charge in [-0.3, -0.25) is 14.1 Å².